The molecule has 2 aliphatic heterocycles. The summed E-state index contributed by atoms with van der Waals surface area (Å²) in [6.07, 6.45) is 3.52. The fourth-order valence-corrected chi connectivity index (χ4v) is 9.52. The highest BCUT2D eigenvalue weighted by molar-refractivity contribution is 7.27. The third-order valence-corrected chi connectivity index (χ3v) is 12.6. The molecule has 0 atom stereocenters. The maximum absolute atomic E-state index is 13.6. The first-order chi connectivity index (χ1) is 20.9. The van der Waals surface area contributed by atoms with E-state index in [0.29, 0.717) is 5.56 Å². The van der Waals surface area contributed by atoms with Gasteiger partial charge >= 0.3 is 11.6 Å². The van der Waals surface area contributed by atoms with E-state index in [9.17, 15) is 9.59 Å². The van der Waals surface area contributed by atoms with E-state index in [1.54, 1.807) is 22.7 Å². The first-order valence-corrected chi connectivity index (χ1v) is 16.9. The Morgan fingerprint density at radius 2 is 1.50 bits per heavy atom. The molecule has 6 heterocycles. The molecular weight excluding hydrogens is 609 g/mol. The van der Waals surface area contributed by atoms with Crippen molar-refractivity contribution in [1.29, 1.82) is 0 Å². The minimum atomic E-state index is -1.23. The molecule has 44 heavy (non-hydrogen) atoms. The second-order valence-electron chi connectivity index (χ2n) is 12.7. The average molecular weight is 639 g/mol. The van der Waals surface area contributed by atoms with E-state index < -0.39 is 5.97 Å². The smallest absolute Gasteiger partial charge is 0.345 e. The standard InChI is InChI=1S/C35H30N2O4S3/c1-34(2)12-14-37-15-13-35(3,4)29-30(37)22(34)17-19-16-21(33(40)41-31(19)29)24-8-9-27(43-24)28-11-10-26(44-28)25-7-6-20(42-25)18-23(36-5)32(38)39/h6-11,16-18H,12-15H2,1-4H3,(H,38,39). The third-order valence-electron chi connectivity index (χ3n) is 8.94. The van der Waals surface area contributed by atoms with Crippen LogP contribution in [0.15, 0.2) is 63.4 Å². The Hall–Kier alpha value is -3.97. The highest BCUT2D eigenvalue weighted by Gasteiger charge is 2.42. The van der Waals surface area contributed by atoms with Crippen molar-refractivity contribution in [2.24, 2.45) is 0 Å². The van der Waals surface area contributed by atoms with Gasteiger partial charge in [-0.3, -0.25) is 4.79 Å². The largest absolute Gasteiger partial charge is 0.486 e. The van der Waals surface area contributed by atoms with E-state index in [4.69, 9.17) is 16.1 Å². The van der Waals surface area contributed by atoms with Crippen LogP contribution in [0.4, 0.5) is 5.69 Å². The molecule has 0 unspecified atom stereocenters. The lowest BCUT2D eigenvalue weighted by molar-refractivity contribution is -0.132. The highest BCUT2D eigenvalue weighted by atomic mass is 32.1. The SMILES string of the molecule is [C-]#[N+]C(=Cc1ccc(-c2ccc(-c3ccc(-c4cc5cc6c7c(c5oc4=O)C(C)(C)CCN7CCC6(C)C)s3)s2)s1)C(=O)O. The quantitative estimate of drug-likeness (QED) is 0.118. The van der Waals surface area contributed by atoms with Gasteiger partial charge in [-0.05, 0) is 83.8 Å². The van der Waals surface area contributed by atoms with Gasteiger partial charge in [0, 0.05) is 59.0 Å². The van der Waals surface area contributed by atoms with Crippen LogP contribution in [0.1, 0.15) is 56.5 Å². The van der Waals surface area contributed by atoms with Crippen molar-refractivity contribution < 1.29 is 14.3 Å². The number of carboxylic acid groups (broad SMARTS) is 1. The molecule has 0 saturated heterocycles. The molecule has 0 bridgehead atoms. The number of carbonyl (C=O) groups is 1. The topological polar surface area (TPSA) is 75.1 Å². The van der Waals surface area contributed by atoms with Crippen molar-refractivity contribution in [1.82, 2.24) is 0 Å². The van der Waals surface area contributed by atoms with Crippen LogP contribution in [0.3, 0.4) is 0 Å². The first kappa shape index (κ1) is 28.8. The molecule has 222 valence electrons. The molecule has 0 spiro atoms. The van der Waals surface area contributed by atoms with Gasteiger partial charge in [-0.25, -0.2) is 9.64 Å². The number of anilines is 1. The highest BCUT2D eigenvalue weighted by Crippen LogP contribution is 2.52. The lowest BCUT2D eigenvalue weighted by Crippen LogP contribution is -2.44. The molecule has 9 heteroatoms. The molecule has 0 aliphatic carbocycles. The normalized spacial score (nSPS) is 17.0. The van der Waals surface area contributed by atoms with E-state index in [-0.39, 0.29) is 22.2 Å². The van der Waals surface area contributed by atoms with Gasteiger partial charge in [-0.15, -0.1) is 34.0 Å². The van der Waals surface area contributed by atoms with Crippen molar-refractivity contribution in [3.05, 3.63) is 92.1 Å². The summed E-state index contributed by atoms with van der Waals surface area (Å²) in [7, 11) is 0. The zero-order chi connectivity index (χ0) is 31.0. The van der Waals surface area contributed by atoms with Gasteiger partial charge in [0.1, 0.15) is 5.58 Å². The van der Waals surface area contributed by atoms with Crippen LogP contribution >= 0.6 is 34.0 Å². The number of thiophene rings is 3. The van der Waals surface area contributed by atoms with Crippen LogP contribution in [-0.4, -0.2) is 24.2 Å². The van der Waals surface area contributed by atoms with Crippen molar-refractivity contribution in [2.45, 2.75) is 51.4 Å². The number of hydrogen-bond donors (Lipinski definition) is 1. The molecule has 1 aromatic carbocycles. The van der Waals surface area contributed by atoms with Crippen molar-refractivity contribution in [3.8, 4) is 29.9 Å². The zero-order valence-electron chi connectivity index (χ0n) is 24.8. The van der Waals surface area contributed by atoms with Crippen molar-refractivity contribution in [2.75, 3.05) is 18.0 Å². The Morgan fingerprint density at radius 3 is 2.16 bits per heavy atom. The van der Waals surface area contributed by atoms with Crippen LogP contribution in [0.25, 0.3) is 51.8 Å². The maximum Gasteiger partial charge on any atom is 0.345 e. The third kappa shape index (κ3) is 4.73. The summed E-state index contributed by atoms with van der Waals surface area (Å²) in [5.41, 5.74) is 4.44. The van der Waals surface area contributed by atoms with E-state index >= 15 is 0 Å². The molecular formula is C35H30N2O4S3. The Labute approximate surface area is 267 Å². The number of aliphatic carboxylic acids is 1. The fraction of sp³-hybridized carbons (Fsp3) is 0.286. The molecule has 0 saturated carbocycles. The maximum atomic E-state index is 13.6. The Kier molecular flexibility index (Phi) is 6.74. The average Bonchev–Trinajstić information content (AvgIpc) is 3.75. The summed E-state index contributed by atoms with van der Waals surface area (Å²) in [5.74, 6) is -1.23. The van der Waals surface area contributed by atoms with Gasteiger partial charge < -0.3 is 14.4 Å². The minimum Gasteiger partial charge on any atom is -0.486 e. The molecule has 2 aliphatic rings. The molecule has 4 aromatic heterocycles. The molecule has 7 rings (SSSR count). The van der Waals surface area contributed by atoms with Crippen molar-refractivity contribution in [3.63, 3.8) is 0 Å². The van der Waals surface area contributed by atoms with Crippen LogP contribution in [0.5, 0.6) is 0 Å². The second-order valence-corrected chi connectivity index (χ2v) is 16.0. The van der Waals surface area contributed by atoms with Gasteiger partial charge in [0.15, 0.2) is 0 Å². The van der Waals surface area contributed by atoms with Crippen LogP contribution < -0.4 is 10.5 Å². The molecule has 5 aromatic rings. The number of rotatable bonds is 5. The summed E-state index contributed by atoms with van der Waals surface area (Å²) < 4.78 is 6.22. The predicted molar refractivity (Wildman–Crippen MR) is 182 cm³/mol. The number of benzene rings is 1. The summed E-state index contributed by atoms with van der Waals surface area (Å²) >= 11 is 4.67. The molecule has 0 fully saturated rings. The Morgan fingerprint density at radius 1 is 0.909 bits per heavy atom. The van der Waals surface area contributed by atoms with Crippen LogP contribution in [-0.2, 0) is 15.6 Å². The predicted octanol–water partition coefficient (Wildman–Crippen LogP) is 9.49. The Balaban J connectivity index is 1.25. The van der Waals surface area contributed by atoms with Gasteiger partial charge in [0.2, 0.25) is 0 Å². The van der Waals surface area contributed by atoms with E-state index in [2.05, 4.69) is 61.7 Å². The number of nitrogens with zero attached hydrogens (tertiary/aromatic N) is 2. The molecule has 6 nitrogen and oxygen atoms in total. The molecule has 1 N–H and O–H groups in total. The summed E-state index contributed by atoms with van der Waals surface area (Å²) in [6.45, 7) is 18.3. The molecule has 0 radical (unpaired) electrons. The van der Waals surface area contributed by atoms with Gasteiger partial charge in [-0.2, -0.15) is 0 Å². The van der Waals surface area contributed by atoms with E-state index in [1.807, 2.05) is 24.3 Å². The summed E-state index contributed by atoms with van der Waals surface area (Å²) in [6, 6.07) is 16.3. The number of hydrogen-bond acceptors (Lipinski definition) is 7. The van der Waals surface area contributed by atoms with Crippen molar-refractivity contribution >= 4 is 62.7 Å². The summed E-state index contributed by atoms with van der Waals surface area (Å²) in [5, 5.41) is 10.1. The number of carboxylic acids is 1. The fourth-order valence-electron chi connectivity index (χ4n) is 6.38. The van der Waals surface area contributed by atoms with Crippen LogP contribution in [0.2, 0.25) is 0 Å². The lowest BCUT2D eigenvalue weighted by Gasteiger charge is -2.48. The van der Waals surface area contributed by atoms with E-state index in [0.717, 1.165) is 66.2 Å². The lowest BCUT2D eigenvalue weighted by atomic mass is 9.69. The van der Waals surface area contributed by atoms with Crippen LogP contribution in [0, 0.1) is 6.57 Å². The molecule has 0 amide bonds. The second kappa shape index (κ2) is 10.3. The minimum absolute atomic E-state index is 0.0423. The van der Waals surface area contributed by atoms with Gasteiger partial charge in [0.05, 0.1) is 12.1 Å². The van der Waals surface area contributed by atoms with Gasteiger partial charge in [-0.1, -0.05) is 27.7 Å². The Bertz CT molecular complexity index is 2110. The number of fused-ring (bicyclic) bond motifs is 2. The van der Waals surface area contributed by atoms with Gasteiger partial charge in [0.25, 0.3) is 5.70 Å². The first-order valence-electron chi connectivity index (χ1n) is 14.5. The summed E-state index contributed by atoms with van der Waals surface area (Å²) in [4.78, 5) is 36.2. The monoisotopic (exact) mass is 638 g/mol. The zero-order valence-corrected chi connectivity index (χ0v) is 27.3. The van der Waals surface area contributed by atoms with E-state index in [1.165, 1.54) is 34.2 Å².